The Bertz CT molecular complexity index is 1040. The van der Waals surface area contributed by atoms with E-state index in [4.69, 9.17) is 13.6 Å². The highest BCUT2D eigenvalue weighted by Gasteiger charge is 2.52. The van der Waals surface area contributed by atoms with E-state index in [1.807, 2.05) is 0 Å². The van der Waals surface area contributed by atoms with Crippen LogP contribution < -0.4 is 5.56 Å². The van der Waals surface area contributed by atoms with Gasteiger partial charge in [-0.25, -0.2) is 14.4 Å². The first-order valence-corrected chi connectivity index (χ1v) is 17.3. The number of aromatic nitrogens is 4. The van der Waals surface area contributed by atoms with E-state index in [2.05, 4.69) is 82.7 Å². The number of fused-ring (bicyclic) bond motifs is 1. The third-order valence-corrected chi connectivity index (χ3v) is 16.5. The minimum atomic E-state index is -2.30. The number of aromatic amines is 1. The van der Waals surface area contributed by atoms with Gasteiger partial charge in [-0.15, -0.1) is 0 Å². The largest absolute Gasteiger partial charge is 0.414 e. The van der Waals surface area contributed by atoms with Crippen LogP contribution in [0.1, 0.15) is 47.8 Å². The van der Waals surface area contributed by atoms with E-state index >= 15 is 4.39 Å². The zero-order valence-corrected chi connectivity index (χ0v) is 23.5. The number of alkyl halides is 1. The first-order chi connectivity index (χ1) is 15.0. The van der Waals surface area contributed by atoms with Crippen LogP contribution in [0.25, 0.3) is 11.2 Å². The Balaban J connectivity index is 1.95. The number of nitrogens with one attached hydrogen (secondary N) is 1. The van der Waals surface area contributed by atoms with E-state index in [0.29, 0.717) is 0 Å². The lowest BCUT2D eigenvalue weighted by Crippen LogP contribution is -2.50. The molecule has 1 fully saturated rings. The molecule has 0 spiro atoms. The SMILES string of the molecule is CC(C)(C)[Si](C)(C)OC[C@H]1O[C@@H](n2cnc3c(=O)[nH]cnc32)[C@H](F)C1O[Si](C)(C)C(C)(C)C. The van der Waals surface area contributed by atoms with Crippen molar-refractivity contribution in [2.24, 2.45) is 0 Å². The smallest absolute Gasteiger partial charge is 0.278 e. The van der Waals surface area contributed by atoms with Crippen molar-refractivity contribution in [1.29, 1.82) is 0 Å². The second-order valence-electron chi connectivity index (χ2n) is 12.0. The lowest BCUT2D eigenvalue weighted by molar-refractivity contribution is -0.0421. The lowest BCUT2D eigenvalue weighted by Gasteiger charge is -2.40. The predicted molar refractivity (Wildman–Crippen MR) is 132 cm³/mol. The van der Waals surface area contributed by atoms with Crippen LogP contribution in [0.3, 0.4) is 0 Å². The summed E-state index contributed by atoms with van der Waals surface area (Å²) in [6.07, 6.45) is -1.16. The number of ether oxygens (including phenoxy) is 1. The van der Waals surface area contributed by atoms with Gasteiger partial charge in [0.2, 0.25) is 0 Å². The fourth-order valence-corrected chi connectivity index (χ4v) is 5.60. The van der Waals surface area contributed by atoms with Gasteiger partial charge >= 0.3 is 0 Å². The second kappa shape index (κ2) is 8.67. The van der Waals surface area contributed by atoms with Gasteiger partial charge in [0.05, 0.1) is 19.3 Å². The zero-order valence-electron chi connectivity index (χ0n) is 21.5. The molecule has 0 bridgehead atoms. The summed E-state index contributed by atoms with van der Waals surface area (Å²) in [6.45, 7) is 21.7. The van der Waals surface area contributed by atoms with Crippen LogP contribution in [0.15, 0.2) is 17.4 Å². The number of hydrogen-bond donors (Lipinski definition) is 1. The van der Waals surface area contributed by atoms with Gasteiger partial charge in [0.15, 0.2) is 40.2 Å². The number of hydrogen-bond acceptors (Lipinski definition) is 6. The van der Waals surface area contributed by atoms with Crippen LogP contribution in [-0.2, 0) is 13.6 Å². The average molecular weight is 499 g/mol. The fraction of sp³-hybridized carbons (Fsp3) is 0.773. The molecule has 1 aliphatic rings. The molecule has 33 heavy (non-hydrogen) atoms. The van der Waals surface area contributed by atoms with Crippen LogP contribution in [0.5, 0.6) is 0 Å². The van der Waals surface area contributed by atoms with Crippen LogP contribution >= 0.6 is 0 Å². The van der Waals surface area contributed by atoms with Gasteiger partial charge in [-0.05, 0) is 36.3 Å². The predicted octanol–water partition coefficient (Wildman–Crippen LogP) is 4.77. The average Bonchev–Trinajstić information content (AvgIpc) is 3.21. The Kier molecular flexibility index (Phi) is 6.88. The summed E-state index contributed by atoms with van der Waals surface area (Å²) in [5.41, 5.74) is 0.0543. The van der Waals surface area contributed by atoms with E-state index in [1.54, 1.807) is 0 Å². The minimum Gasteiger partial charge on any atom is -0.414 e. The van der Waals surface area contributed by atoms with Crippen molar-refractivity contribution >= 4 is 27.8 Å². The number of rotatable bonds is 6. The van der Waals surface area contributed by atoms with E-state index in [-0.39, 0.29) is 33.4 Å². The Hall–Kier alpha value is -1.41. The summed E-state index contributed by atoms with van der Waals surface area (Å²) in [5, 5.41) is -0.0758. The van der Waals surface area contributed by atoms with Crippen molar-refractivity contribution in [1.82, 2.24) is 19.5 Å². The molecule has 1 saturated heterocycles. The molecule has 0 aromatic carbocycles. The number of nitrogens with zero attached hydrogens (tertiary/aromatic N) is 3. The molecule has 4 atom stereocenters. The van der Waals surface area contributed by atoms with Crippen LogP contribution in [0, 0.1) is 0 Å². The summed E-state index contributed by atoms with van der Waals surface area (Å²) in [6, 6.07) is 0. The molecule has 1 aliphatic heterocycles. The summed E-state index contributed by atoms with van der Waals surface area (Å²) in [7, 11) is -4.38. The molecular weight excluding hydrogens is 459 g/mol. The molecule has 0 saturated carbocycles. The van der Waals surface area contributed by atoms with E-state index in [0.717, 1.165) is 0 Å². The van der Waals surface area contributed by atoms with Gasteiger partial charge in [0.25, 0.3) is 5.56 Å². The Labute approximate surface area is 197 Å². The van der Waals surface area contributed by atoms with Gasteiger partial charge in [0, 0.05) is 0 Å². The van der Waals surface area contributed by atoms with Crippen LogP contribution in [0.4, 0.5) is 4.39 Å². The van der Waals surface area contributed by atoms with Crippen LogP contribution in [0.2, 0.25) is 36.3 Å². The normalized spacial score (nSPS) is 25.2. The Morgan fingerprint density at radius 2 is 1.70 bits per heavy atom. The molecule has 2 aromatic heterocycles. The minimum absolute atomic E-state index is 0.0153. The molecule has 1 unspecified atom stereocenters. The van der Waals surface area contributed by atoms with Gasteiger partial charge in [-0.1, -0.05) is 41.5 Å². The highest BCUT2D eigenvalue weighted by atomic mass is 28.4. The number of imidazole rings is 1. The second-order valence-corrected chi connectivity index (χ2v) is 21.5. The van der Waals surface area contributed by atoms with Gasteiger partial charge < -0.3 is 18.6 Å². The van der Waals surface area contributed by atoms with Crippen molar-refractivity contribution in [3.63, 3.8) is 0 Å². The molecule has 0 amide bonds. The molecular formula is C22H39FN4O4Si2. The quantitative estimate of drug-likeness (QED) is 0.577. The third kappa shape index (κ3) is 5.02. The molecule has 0 aliphatic carbocycles. The van der Waals surface area contributed by atoms with Gasteiger partial charge in [0.1, 0.15) is 12.2 Å². The van der Waals surface area contributed by atoms with Crippen molar-refractivity contribution in [3.8, 4) is 0 Å². The maximum Gasteiger partial charge on any atom is 0.278 e. The third-order valence-electron chi connectivity index (χ3n) is 7.56. The summed E-state index contributed by atoms with van der Waals surface area (Å²) >= 11 is 0. The maximum absolute atomic E-state index is 16.0. The Morgan fingerprint density at radius 1 is 1.09 bits per heavy atom. The van der Waals surface area contributed by atoms with Crippen molar-refractivity contribution in [2.75, 3.05) is 6.61 Å². The first-order valence-electron chi connectivity index (χ1n) is 11.5. The highest BCUT2D eigenvalue weighted by molar-refractivity contribution is 6.74. The molecule has 186 valence electrons. The zero-order chi connectivity index (χ0) is 25.0. The van der Waals surface area contributed by atoms with Crippen molar-refractivity contribution in [3.05, 3.63) is 23.0 Å². The molecule has 1 N–H and O–H groups in total. The summed E-state index contributed by atoms with van der Waals surface area (Å²) in [4.78, 5) is 22.9. The Morgan fingerprint density at radius 3 is 2.27 bits per heavy atom. The van der Waals surface area contributed by atoms with Gasteiger partial charge in [-0.3, -0.25) is 9.36 Å². The van der Waals surface area contributed by atoms with E-state index in [1.165, 1.54) is 17.2 Å². The molecule has 2 aromatic rings. The standard InChI is InChI=1S/C22H39FN4O4Si2/c1-21(2,3)32(7,8)29-11-14-17(31-33(9,10)22(4,5)6)15(23)20(30-14)27-13-26-16-18(27)24-12-25-19(16)28/h12-15,17,20H,11H2,1-10H3,(H,24,25,28)/t14-,15-,17?,20-/m1/s1. The number of H-pyrrole nitrogens is 1. The van der Waals surface area contributed by atoms with Crippen LogP contribution in [-0.4, -0.2) is 61.1 Å². The fourth-order valence-electron chi connectivity index (χ4n) is 3.27. The number of halogens is 1. The summed E-state index contributed by atoms with van der Waals surface area (Å²) < 4.78 is 36.7. The summed E-state index contributed by atoms with van der Waals surface area (Å²) in [5.74, 6) is 0. The van der Waals surface area contributed by atoms with Crippen molar-refractivity contribution in [2.45, 2.75) is 102 Å². The lowest BCUT2D eigenvalue weighted by atomic mass is 10.1. The topological polar surface area (TPSA) is 91.3 Å². The highest BCUT2D eigenvalue weighted by Crippen LogP contribution is 2.43. The van der Waals surface area contributed by atoms with Crippen molar-refractivity contribution < 1.29 is 18.0 Å². The molecule has 3 rings (SSSR count). The molecule has 11 heteroatoms. The van der Waals surface area contributed by atoms with Gasteiger partial charge in [-0.2, -0.15) is 0 Å². The molecule has 3 heterocycles. The first kappa shape index (κ1) is 26.2. The maximum atomic E-state index is 16.0. The molecule has 0 radical (unpaired) electrons. The van der Waals surface area contributed by atoms with E-state index in [9.17, 15) is 4.79 Å². The van der Waals surface area contributed by atoms with E-state index < -0.39 is 41.2 Å². The molecule has 8 nitrogen and oxygen atoms in total. The monoisotopic (exact) mass is 498 g/mol.